The molecule has 0 atom stereocenters. The Labute approximate surface area is 197 Å². The molecule has 0 fully saturated rings. The van der Waals surface area contributed by atoms with Crippen LogP contribution in [0, 0.1) is 0 Å². The van der Waals surface area contributed by atoms with Gasteiger partial charge in [0.25, 0.3) is 0 Å². The molecule has 2 aromatic carbocycles. The topological polar surface area (TPSA) is 43.7 Å². The van der Waals surface area contributed by atoms with Crippen LogP contribution in [0.1, 0.15) is 28.8 Å². The lowest BCUT2D eigenvalue weighted by Crippen LogP contribution is -2.34. The Hall–Kier alpha value is -3.26. The third kappa shape index (κ3) is 7.12. The van der Waals surface area contributed by atoms with Crippen molar-refractivity contribution in [1.82, 2.24) is 9.47 Å². The zero-order valence-corrected chi connectivity index (χ0v) is 19.3. The number of amides is 1. The monoisotopic (exact) mass is 474 g/mol. The Bertz CT molecular complexity index is 1060. The molecule has 0 N–H and O–H groups in total. The van der Waals surface area contributed by atoms with Crippen LogP contribution < -0.4 is 4.74 Å². The average Bonchev–Trinajstić information content (AvgIpc) is 3.25. The molecule has 0 spiro atoms. The van der Waals surface area contributed by atoms with Crippen molar-refractivity contribution in [3.8, 4) is 5.75 Å². The molecule has 1 heterocycles. The summed E-state index contributed by atoms with van der Waals surface area (Å²) in [7, 11) is 3.20. The molecule has 0 saturated carbocycles. The molecule has 8 heteroatoms. The number of hydrogen-bond donors (Lipinski definition) is 0. The minimum atomic E-state index is -4.39. The van der Waals surface area contributed by atoms with Crippen molar-refractivity contribution in [2.45, 2.75) is 32.1 Å². The van der Waals surface area contributed by atoms with Gasteiger partial charge < -0.3 is 18.9 Å². The molecule has 34 heavy (non-hydrogen) atoms. The number of ether oxygens (including phenoxy) is 2. The fourth-order valence-corrected chi connectivity index (χ4v) is 3.71. The summed E-state index contributed by atoms with van der Waals surface area (Å²) in [6, 6.07) is 16.4. The maximum absolute atomic E-state index is 13.1. The van der Waals surface area contributed by atoms with Gasteiger partial charge in [0.05, 0.1) is 25.6 Å². The van der Waals surface area contributed by atoms with E-state index in [9.17, 15) is 18.0 Å². The molecule has 0 saturated heterocycles. The van der Waals surface area contributed by atoms with Gasteiger partial charge in [-0.25, -0.2) is 0 Å². The van der Waals surface area contributed by atoms with Crippen LogP contribution >= 0.6 is 0 Å². The lowest BCUT2D eigenvalue weighted by molar-refractivity contribution is -0.137. The Morgan fingerprint density at radius 3 is 2.44 bits per heavy atom. The predicted octanol–water partition coefficient (Wildman–Crippen LogP) is 5.17. The zero-order chi connectivity index (χ0) is 24.6. The summed E-state index contributed by atoms with van der Waals surface area (Å²) in [5.41, 5.74) is 1.59. The predicted molar refractivity (Wildman–Crippen MR) is 124 cm³/mol. The number of alkyl halides is 3. The van der Waals surface area contributed by atoms with Crippen LogP contribution in [0.15, 0.2) is 66.9 Å². The number of rotatable bonds is 11. The van der Waals surface area contributed by atoms with Gasteiger partial charge in [0.2, 0.25) is 5.91 Å². The van der Waals surface area contributed by atoms with E-state index in [0.29, 0.717) is 31.7 Å². The lowest BCUT2D eigenvalue weighted by Gasteiger charge is -2.24. The minimum absolute atomic E-state index is 0.0342. The van der Waals surface area contributed by atoms with E-state index in [1.54, 1.807) is 25.2 Å². The van der Waals surface area contributed by atoms with E-state index in [1.807, 2.05) is 47.2 Å². The number of nitrogens with zero attached hydrogens (tertiary/aromatic N) is 2. The average molecular weight is 475 g/mol. The van der Waals surface area contributed by atoms with E-state index < -0.39 is 11.7 Å². The molecule has 1 amide bonds. The summed E-state index contributed by atoms with van der Waals surface area (Å²) >= 11 is 0. The van der Waals surface area contributed by atoms with Crippen molar-refractivity contribution >= 4 is 5.91 Å². The van der Waals surface area contributed by atoms with Gasteiger partial charge in [0, 0.05) is 38.7 Å². The Kier molecular flexibility index (Phi) is 8.76. The van der Waals surface area contributed by atoms with Crippen LogP contribution in [0.4, 0.5) is 13.2 Å². The van der Waals surface area contributed by atoms with Crippen molar-refractivity contribution in [2.24, 2.45) is 0 Å². The first-order valence-electron chi connectivity index (χ1n) is 11.0. The summed E-state index contributed by atoms with van der Waals surface area (Å²) < 4.78 is 51.5. The van der Waals surface area contributed by atoms with Gasteiger partial charge in [-0.1, -0.05) is 24.3 Å². The molecule has 0 aliphatic heterocycles. The van der Waals surface area contributed by atoms with Gasteiger partial charge in [-0.3, -0.25) is 4.79 Å². The van der Waals surface area contributed by atoms with Gasteiger partial charge in [-0.2, -0.15) is 13.2 Å². The molecule has 0 radical (unpaired) electrons. The Morgan fingerprint density at radius 1 is 1.00 bits per heavy atom. The smallest absolute Gasteiger partial charge is 0.416 e. The maximum Gasteiger partial charge on any atom is 0.416 e. The van der Waals surface area contributed by atoms with Crippen molar-refractivity contribution < 1.29 is 27.4 Å². The molecular weight excluding hydrogens is 445 g/mol. The summed E-state index contributed by atoms with van der Waals surface area (Å²) in [5, 5.41) is 0. The van der Waals surface area contributed by atoms with E-state index in [0.717, 1.165) is 29.1 Å². The van der Waals surface area contributed by atoms with Gasteiger partial charge >= 0.3 is 6.18 Å². The van der Waals surface area contributed by atoms with Crippen LogP contribution in [0.2, 0.25) is 0 Å². The number of carbonyl (C=O) groups is 1. The van der Waals surface area contributed by atoms with Gasteiger partial charge in [-0.05, 0) is 53.9 Å². The SMILES string of the molecule is COCCCN(Cc1cccn1Cc1cccc(C(F)(F)F)c1)C(=O)Cc1ccc(OC)cc1. The molecule has 0 unspecified atom stereocenters. The molecule has 5 nitrogen and oxygen atoms in total. The van der Waals surface area contributed by atoms with E-state index in [-0.39, 0.29) is 18.9 Å². The van der Waals surface area contributed by atoms with Crippen LogP contribution in [0.25, 0.3) is 0 Å². The fraction of sp³-hybridized carbons (Fsp3) is 0.346. The first kappa shape index (κ1) is 25.4. The van der Waals surface area contributed by atoms with Gasteiger partial charge in [0.1, 0.15) is 5.75 Å². The summed E-state index contributed by atoms with van der Waals surface area (Å²) in [4.78, 5) is 14.9. The minimum Gasteiger partial charge on any atom is -0.497 e. The highest BCUT2D eigenvalue weighted by Crippen LogP contribution is 2.29. The normalized spacial score (nSPS) is 11.4. The molecular formula is C26H29F3N2O3. The standard InChI is InChI=1S/C26H29F3N2O3/c1-33-15-5-14-31(25(32)17-20-9-11-24(34-2)12-10-20)19-23-8-4-13-30(23)18-21-6-3-7-22(16-21)26(27,28)29/h3-4,6-13,16H,5,14-15,17-19H2,1-2H3. The molecule has 3 aromatic rings. The van der Waals surface area contributed by atoms with E-state index >= 15 is 0 Å². The zero-order valence-electron chi connectivity index (χ0n) is 19.3. The van der Waals surface area contributed by atoms with Crippen LogP contribution in [0.5, 0.6) is 5.75 Å². The summed E-state index contributed by atoms with van der Waals surface area (Å²) in [6.45, 7) is 1.67. The Balaban J connectivity index is 1.74. The van der Waals surface area contributed by atoms with Crippen LogP contribution in [-0.4, -0.2) is 42.7 Å². The summed E-state index contributed by atoms with van der Waals surface area (Å²) in [6.07, 6.45) is -1.65. The van der Waals surface area contributed by atoms with E-state index in [1.165, 1.54) is 6.07 Å². The number of hydrogen-bond acceptors (Lipinski definition) is 3. The van der Waals surface area contributed by atoms with E-state index in [2.05, 4.69) is 0 Å². The van der Waals surface area contributed by atoms with Crippen molar-refractivity contribution in [3.63, 3.8) is 0 Å². The number of methoxy groups -OCH3 is 2. The number of benzene rings is 2. The lowest BCUT2D eigenvalue weighted by atomic mass is 10.1. The number of halogens is 3. The third-order valence-electron chi connectivity index (χ3n) is 5.53. The molecule has 0 aliphatic carbocycles. The maximum atomic E-state index is 13.1. The van der Waals surface area contributed by atoms with Crippen molar-refractivity contribution in [3.05, 3.63) is 89.2 Å². The largest absolute Gasteiger partial charge is 0.497 e. The molecule has 182 valence electrons. The molecule has 3 rings (SSSR count). The second-order valence-electron chi connectivity index (χ2n) is 8.01. The Morgan fingerprint density at radius 2 is 1.76 bits per heavy atom. The second kappa shape index (κ2) is 11.7. The quantitative estimate of drug-likeness (QED) is 0.360. The van der Waals surface area contributed by atoms with Crippen LogP contribution in [-0.2, 0) is 35.2 Å². The van der Waals surface area contributed by atoms with E-state index in [4.69, 9.17) is 9.47 Å². The van der Waals surface area contributed by atoms with Gasteiger partial charge in [0.15, 0.2) is 0 Å². The van der Waals surface area contributed by atoms with Crippen molar-refractivity contribution in [2.75, 3.05) is 27.4 Å². The third-order valence-corrected chi connectivity index (χ3v) is 5.53. The highest BCUT2D eigenvalue weighted by atomic mass is 19.4. The van der Waals surface area contributed by atoms with Crippen molar-refractivity contribution in [1.29, 1.82) is 0 Å². The fourth-order valence-electron chi connectivity index (χ4n) is 3.71. The second-order valence-corrected chi connectivity index (χ2v) is 8.01. The summed E-state index contributed by atoms with van der Waals surface area (Å²) in [5.74, 6) is 0.689. The number of carbonyl (C=O) groups excluding carboxylic acids is 1. The molecule has 0 bridgehead atoms. The highest BCUT2D eigenvalue weighted by molar-refractivity contribution is 5.78. The first-order chi connectivity index (χ1) is 16.3. The number of aromatic nitrogens is 1. The first-order valence-corrected chi connectivity index (χ1v) is 11.0. The van der Waals surface area contributed by atoms with Gasteiger partial charge in [-0.15, -0.1) is 0 Å². The molecule has 1 aromatic heterocycles. The highest BCUT2D eigenvalue weighted by Gasteiger charge is 2.30. The molecule has 0 aliphatic rings. The van der Waals surface area contributed by atoms with Crippen LogP contribution in [0.3, 0.4) is 0 Å².